The highest BCUT2D eigenvalue weighted by atomic mass is 19.4. The van der Waals surface area contributed by atoms with Gasteiger partial charge < -0.3 is 25.4 Å². The van der Waals surface area contributed by atoms with Crippen LogP contribution in [-0.4, -0.2) is 42.9 Å². The van der Waals surface area contributed by atoms with Crippen molar-refractivity contribution in [1.29, 1.82) is 0 Å². The third kappa shape index (κ3) is 8.13. The molecule has 186 valence electrons. The number of guanidine groups is 1. The van der Waals surface area contributed by atoms with E-state index in [1.165, 1.54) is 25.0 Å². The van der Waals surface area contributed by atoms with Crippen molar-refractivity contribution < 1.29 is 22.6 Å². The smallest absolute Gasteiger partial charge is 0.489 e. The Morgan fingerprint density at radius 2 is 1.79 bits per heavy atom. The number of benzene rings is 2. The van der Waals surface area contributed by atoms with Gasteiger partial charge in [-0.15, -0.1) is 13.2 Å². The predicted molar refractivity (Wildman–Crippen MR) is 128 cm³/mol. The first-order valence-electron chi connectivity index (χ1n) is 11.7. The van der Waals surface area contributed by atoms with Gasteiger partial charge in [-0.25, -0.2) is 0 Å². The van der Waals surface area contributed by atoms with Crippen LogP contribution in [0.1, 0.15) is 44.6 Å². The number of nitrogens with zero attached hydrogens (tertiary/aromatic N) is 2. The van der Waals surface area contributed by atoms with E-state index in [0.717, 1.165) is 43.0 Å². The summed E-state index contributed by atoms with van der Waals surface area (Å²) in [6.45, 7) is 4.72. The van der Waals surface area contributed by atoms with Gasteiger partial charge in [0.25, 0.3) is 0 Å². The molecule has 1 saturated heterocycles. The van der Waals surface area contributed by atoms with E-state index in [4.69, 9.17) is 15.5 Å². The minimum atomic E-state index is -4.70. The van der Waals surface area contributed by atoms with Crippen molar-refractivity contribution in [1.82, 2.24) is 4.90 Å². The van der Waals surface area contributed by atoms with Crippen LogP contribution in [-0.2, 0) is 6.61 Å². The van der Waals surface area contributed by atoms with Crippen LogP contribution in [0.2, 0.25) is 0 Å². The fraction of sp³-hybridized carbons (Fsp3) is 0.480. The summed E-state index contributed by atoms with van der Waals surface area (Å²) in [5, 5.41) is 3.47. The third-order valence-electron chi connectivity index (χ3n) is 5.67. The maximum atomic E-state index is 12.3. The summed E-state index contributed by atoms with van der Waals surface area (Å²) < 4.78 is 46.5. The quantitative estimate of drug-likeness (QED) is 0.281. The molecule has 0 aliphatic carbocycles. The van der Waals surface area contributed by atoms with Gasteiger partial charge in [-0.3, -0.25) is 4.99 Å². The number of hydrogen-bond acceptors (Lipinski definition) is 4. The lowest BCUT2D eigenvalue weighted by molar-refractivity contribution is -0.274. The van der Waals surface area contributed by atoms with Crippen LogP contribution in [0.15, 0.2) is 53.5 Å². The lowest BCUT2D eigenvalue weighted by atomic mass is 10.0. The summed E-state index contributed by atoms with van der Waals surface area (Å²) in [5.41, 5.74) is 7.30. The molecule has 6 nitrogen and oxygen atoms in total. The summed E-state index contributed by atoms with van der Waals surface area (Å²) in [6.07, 6.45) is 0.789. The van der Waals surface area contributed by atoms with E-state index in [1.54, 1.807) is 12.1 Å². The zero-order valence-corrected chi connectivity index (χ0v) is 19.5. The molecule has 1 aliphatic heterocycles. The molecular weight excluding hydrogens is 445 g/mol. The minimum absolute atomic E-state index is 0.233. The summed E-state index contributed by atoms with van der Waals surface area (Å²) in [5.74, 6) is 1.29. The van der Waals surface area contributed by atoms with Crippen molar-refractivity contribution in [3.05, 3.63) is 54.1 Å². The first kappa shape index (κ1) is 25.7. The highest BCUT2D eigenvalue weighted by Crippen LogP contribution is 2.24. The van der Waals surface area contributed by atoms with Gasteiger partial charge in [0.2, 0.25) is 0 Å². The maximum Gasteiger partial charge on any atom is 0.573 e. The van der Waals surface area contributed by atoms with Gasteiger partial charge in [-0.1, -0.05) is 19.1 Å². The van der Waals surface area contributed by atoms with Gasteiger partial charge in [-0.2, -0.15) is 0 Å². The Balaban J connectivity index is 1.59. The zero-order chi connectivity index (χ0) is 24.4. The fourth-order valence-corrected chi connectivity index (χ4v) is 3.90. The molecule has 1 aliphatic rings. The van der Waals surface area contributed by atoms with E-state index in [9.17, 15) is 13.2 Å². The number of hydrogen-bond donors (Lipinski definition) is 2. The number of piperidine rings is 1. The molecule has 2 aromatic rings. The van der Waals surface area contributed by atoms with Gasteiger partial charge in [-0.05, 0) is 80.6 Å². The molecule has 0 bridgehead atoms. The molecule has 0 amide bonds. The second-order valence-electron chi connectivity index (χ2n) is 8.23. The van der Waals surface area contributed by atoms with E-state index in [1.807, 2.05) is 24.3 Å². The monoisotopic (exact) mass is 478 g/mol. The van der Waals surface area contributed by atoms with Crippen LogP contribution in [0, 0.1) is 0 Å². The number of anilines is 1. The lowest BCUT2D eigenvalue weighted by Crippen LogP contribution is -2.46. The van der Waals surface area contributed by atoms with Crippen LogP contribution in [0.25, 0.3) is 0 Å². The SMILES string of the molecule is CCC1CCCCN1C(=NCCCN)Nc1ccc(OCc2ccc(OC(F)(F)F)cc2)cc1. The highest BCUT2D eigenvalue weighted by molar-refractivity contribution is 5.94. The summed E-state index contributed by atoms with van der Waals surface area (Å²) in [6, 6.07) is 13.7. The topological polar surface area (TPSA) is 72.1 Å². The van der Waals surface area contributed by atoms with Crippen molar-refractivity contribution in [2.45, 2.75) is 58.0 Å². The van der Waals surface area contributed by atoms with Crippen LogP contribution >= 0.6 is 0 Å². The number of nitrogens with one attached hydrogen (secondary N) is 1. The molecule has 2 aromatic carbocycles. The number of likely N-dealkylation sites (tertiary alicyclic amines) is 1. The Morgan fingerprint density at radius 1 is 1.09 bits per heavy atom. The fourth-order valence-electron chi connectivity index (χ4n) is 3.90. The van der Waals surface area contributed by atoms with Gasteiger partial charge in [0.1, 0.15) is 18.1 Å². The van der Waals surface area contributed by atoms with E-state index in [2.05, 4.69) is 21.9 Å². The van der Waals surface area contributed by atoms with Crippen LogP contribution in [0.5, 0.6) is 11.5 Å². The second kappa shape index (κ2) is 12.5. The zero-order valence-electron chi connectivity index (χ0n) is 19.5. The van der Waals surface area contributed by atoms with E-state index in [0.29, 0.717) is 24.9 Å². The van der Waals surface area contributed by atoms with Crippen molar-refractivity contribution in [2.24, 2.45) is 10.7 Å². The van der Waals surface area contributed by atoms with Crippen molar-refractivity contribution >= 4 is 11.6 Å². The number of alkyl halides is 3. The Bertz CT molecular complexity index is 902. The number of ether oxygens (including phenoxy) is 2. The second-order valence-corrected chi connectivity index (χ2v) is 8.23. The minimum Gasteiger partial charge on any atom is -0.489 e. The standard InChI is InChI=1S/C25H33F3N4O2/c1-2-21-6-3-4-17-32(21)24(30-16-5-15-29)31-20-9-13-22(14-10-20)33-18-19-7-11-23(12-8-19)34-25(26,27)28/h7-14,21H,2-6,15-18,29H2,1H3,(H,30,31). The molecule has 0 radical (unpaired) electrons. The molecule has 34 heavy (non-hydrogen) atoms. The molecule has 1 heterocycles. The average Bonchev–Trinajstić information content (AvgIpc) is 2.83. The maximum absolute atomic E-state index is 12.3. The summed E-state index contributed by atoms with van der Waals surface area (Å²) >= 11 is 0. The normalized spacial score (nSPS) is 16.9. The summed E-state index contributed by atoms with van der Waals surface area (Å²) in [7, 11) is 0. The Labute approximate surface area is 198 Å². The number of rotatable bonds is 9. The number of halogens is 3. The molecule has 0 spiro atoms. The van der Waals surface area contributed by atoms with Gasteiger partial charge in [0.05, 0.1) is 0 Å². The first-order chi connectivity index (χ1) is 16.4. The Morgan fingerprint density at radius 3 is 2.44 bits per heavy atom. The largest absolute Gasteiger partial charge is 0.573 e. The van der Waals surface area contributed by atoms with Crippen molar-refractivity contribution in [3.8, 4) is 11.5 Å². The van der Waals surface area contributed by atoms with E-state index < -0.39 is 6.36 Å². The Hall–Kier alpha value is -2.94. The van der Waals surface area contributed by atoms with Crippen molar-refractivity contribution in [3.63, 3.8) is 0 Å². The van der Waals surface area contributed by atoms with Crippen LogP contribution in [0.4, 0.5) is 18.9 Å². The average molecular weight is 479 g/mol. The molecule has 0 saturated carbocycles. The molecule has 3 N–H and O–H groups in total. The predicted octanol–water partition coefficient (Wildman–Crippen LogP) is 5.55. The third-order valence-corrected chi connectivity index (χ3v) is 5.67. The van der Waals surface area contributed by atoms with Gasteiger partial charge in [0.15, 0.2) is 5.96 Å². The first-order valence-corrected chi connectivity index (χ1v) is 11.7. The molecule has 0 aromatic heterocycles. The van der Waals surface area contributed by atoms with Crippen molar-refractivity contribution in [2.75, 3.05) is 25.0 Å². The van der Waals surface area contributed by atoms with Gasteiger partial charge in [0, 0.05) is 24.8 Å². The molecule has 3 rings (SSSR count). The number of aliphatic imine (C=N–C) groups is 1. The van der Waals surface area contributed by atoms with E-state index in [-0.39, 0.29) is 12.4 Å². The molecular formula is C25H33F3N4O2. The Kier molecular flexibility index (Phi) is 9.44. The number of nitrogens with two attached hydrogens (primary N) is 1. The highest BCUT2D eigenvalue weighted by Gasteiger charge is 2.31. The van der Waals surface area contributed by atoms with E-state index >= 15 is 0 Å². The van der Waals surface area contributed by atoms with Crippen LogP contribution < -0.4 is 20.5 Å². The van der Waals surface area contributed by atoms with Gasteiger partial charge >= 0.3 is 6.36 Å². The molecule has 1 unspecified atom stereocenters. The molecule has 1 fully saturated rings. The molecule has 9 heteroatoms. The summed E-state index contributed by atoms with van der Waals surface area (Å²) in [4.78, 5) is 7.17. The van der Waals surface area contributed by atoms with Crippen LogP contribution in [0.3, 0.4) is 0 Å². The molecule has 1 atom stereocenters. The lowest BCUT2D eigenvalue weighted by Gasteiger charge is -2.37.